The summed E-state index contributed by atoms with van der Waals surface area (Å²) in [5.41, 5.74) is -0.954. The van der Waals surface area contributed by atoms with Gasteiger partial charge < -0.3 is 4.74 Å². The SMILES string of the molecule is CC(C)(C)Sc1ncnn1CC1(c2cccc(F)c2F)OC1c1ccccc1F. The van der Waals surface area contributed by atoms with Crippen LogP contribution in [0.25, 0.3) is 0 Å². The molecule has 2 aromatic carbocycles. The number of halogens is 3. The van der Waals surface area contributed by atoms with Gasteiger partial charge >= 0.3 is 0 Å². The maximum Gasteiger partial charge on any atom is 0.186 e. The number of thioether (sulfide) groups is 1. The zero-order valence-electron chi connectivity index (χ0n) is 16.2. The van der Waals surface area contributed by atoms with E-state index in [2.05, 4.69) is 10.1 Å². The Morgan fingerprint density at radius 3 is 2.52 bits per heavy atom. The second-order valence-electron chi connectivity index (χ2n) is 7.92. The number of hydrogen-bond donors (Lipinski definition) is 0. The maximum absolute atomic E-state index is 14.7. The van der Waals surface area contributed by atoms with Crippen LogP contribution in [0.2, 0.25) is 0 Å². The molecule has 0 aliphatic carbocycles. The standard InChI is InChI=1S/C21H20F3N3OS/c1-20(2,3)29-19-25-12-26-27(19)11-21(14-8-6-10-16(23)17(14)24)18(28-21)13-7-4-5-9-15(13)22/h4-10,12,18H,11H2,1-3H3. The molecule has 0 radical (unpaired) electrons. The van der Waals surface area contributed by atoms with Gasteiger partial charge in [0.05, 0.1) is 6.54 Å². The number of hydrogen-bond acceptors (Lipinski definition) is 4. The van der Waals surface area contributed by atoms with Crippen LogP contribution in [0, 0.1) is 17.5 Å². The Morgan fingerprint density at radius 1 is 1.07 bits per heavy atom. The zero-order valence-corrected chi connectivity index (χ0v) is 17.0. The summed E-state index contributed by atoms with van der Waals surface area (Å²) >= 11 is 1.50. The van der Waals surface area contributed by atoms with Gasteiger partial charge in [0.2, 0.25) is 0 Å². The largest absolute Gasteiger partial charge is 0.354 e. The number of rotatable bonds is 5. The highest BCUT2D eigenvalue weighted by atomic mass is 32.2. The van der Waals surface area contributed by atoms with Crippen molar-refractivity contribution in [3.8, 4) is 0 Å². The highest BCUT2D eigenvalue weighted by Crippen LogP contribution is 2.59. The van der Waals surface area contributed by atoms with Crippen molar-refractivity contribution >= 4 is 11.8 Å². The molecule has 2 atom stereocenters. The molecule has 2 unspecified atom stereocenters. The number of aromatic nitrogens is 3. The molecule has 0 bridgehead atoms. The fraction of sp³-hybridized carbons (Fsp3) is 0.333. The molecule has 1 aliphatic rings. The fourth-order valence-corrected chi connectivity index (χ4v) is 4.22. The highest BCUT2D eigenvalue weighted by molar-refractivity contribution is 8.00. The molecular formula is C21H20F3N3OS. The molecule has 1 saturated heterocycles. The van der Waals surface area contributed by atoms with Crippen molar-refractivity contribution in [1.82, 2.24) is 14.8 Å². The van der Waals surface area contributed by atoms with Crippen molar-refractivity contribution in [2.45, 2.75) is 48.9 Å². The van der Waals surface area contributed by atoms with E-state index in [1.165, 1.54) is 36.3 Å². The van der Waals surface area contributed by atoms with Crippen LogP contribution in [0.4, 0.5) is 13.2 Å². The van der Waals surface area contributed by atoms with Gasteiger partial charge in [0.1, 0.15) is 23.8 Å². The van der Waals surface area contributed by atoms with E-state index in [1.807, 2.05) is 20.8 Å². The Balaban J connectivity index is 1.77. The van der Waals surface area contributed by atoms with Crippen LogP contribution in [-0.4, -0.2) is 19.5 Å². The minimum absolute atomic E-state index is 0.0351. The third-order valence-corrected chi connectivity index (χ3v) is 5.76. The molecule has 1 aliphatic heterocycles. The Labute approximate surface area is 171 Å². The number of ether oxygens (including phenoxy) is 1. The maximum atomic E-state index is 14.7. The Hall–Kier alpha value is -2.32. The van der Waals surface area contributed by atoms with E-state index >= 15 is 0 Å². The Bertz CT molecular complexity index is 1050. The van der Waals surface area contributed by atoms with Crippen LogP contribution in [0.15, 0.2) is 53.9 Å². The van der Waals surface area contributed by atoms with Crippen molar-refractivity contribution in [1.29, 1.82) is 0 Å². The summed E-state index contributed by atoms with van der Waals surface area (Å²) in [6, 6.07) is 10.1. The van der Waals surface area contributed by atoms with Gasteiger partial charge in [-0.25, -0.2) is 22.8 Å². The van der Waals surface area contributed by atoms with E-state index in [0.717, 1.165) is 6.07 Å². The van der Waals surface area contributed by atoms with Crippen LogP contribution in [0.1, 0.15) is 38.0 Å². The van der Waals surface area contributed by atoms with Gasteiger partial charge in [-0.15, -0.1) is 0 Å². The third-order valence-electron chi connectivity index (χ3n) is 4.65. The van der Waals surface area contributed by atoms with E-state index in [4.69, 9.17) is 4.74 Å². The van der Waals surface area contributed by atoms with Crippen LogP contribution in [0.5, 0.6) is 0 Å². The topological polar surface area (TPSA) is 43.2 Å². The monoisotopic (exact) mass is 419 g/mol. The first-order valence-corrected chi connectivity index (χ1v) is 9.96. The molecule has 0 spiro atoms. The lowest BCUT2D eigenvalue weighted by atomic mass is 9.91. The summed E-state index contributed by atoms with van der Waals surface area (Å²) < 4.78 is 50.5. The number of epoxide rings is 1. The Kier molecular flexibility index (Phi) is 4.94. The highest BCUT2D eigenvalue weighted by Gasteiger charge is 2.61. The molecular weight excluding hydrogens is 399 g/mol. The molecule has 0 amide bonds. The second-order valence-corrected chi connectivity index (χ2v) is 9.72. The first kappa shape index (κ1) is 20.0. The van der Waals surface area contributed by atoms with Gasteiger partial charge in [0.25, 0.3) is 0 Å². The lowest BCUT2D eigenvalue weighted by molar-refractivity contribution is 0.248. The molecule has 3 aromatic rings. The van der Waals surface area contributed by atoms with Gasteiger partial charge in [0.15, 0.2) is 16.8 Å². The van der Waals surface area contributed by atoms with Crippen molar-refractivity contribution in [2.24, 2.45) is 0 Å². The van der Waals surface area contributed by atoms with Crippen LogP contribution in [0.3, 0.4) is 0 Å². The van der Waals surface area contributed by atoms with Crippen molar-refractivity contribution in [2.75, 3.05) is 0 Å². The van der Waals surface area contributed by atoms with E-state index in [1.54, 1.807) is 22.9 Å². The van der Waals surface area contributed by atoms with Crippen molar-refractivity contribution in [3.05, 3.63) is 77.4 Å². The van der Waals surface area contributed by atoms with Gasteiger partial charge in [-0.1, -0.05) is 62.9 Å². The predicted molar refractivity (Wildman–Crippen MR) is 104 cm³/mol. The predicted octanol–water partition coefficient (Wildman–Crippen LogP) is 5.25. The van der Waals surface area contributed by atoms with Crippen LogP contribution < -0.4 is 0 Å². The lowest BCUT2D eigenvalue weighted by Crippen LogP contribution is -2.23. The average molecular weight is 419 g/mol. The van der Waals surface area contributed by atoms with Gasteiger partial charge in [-0.05, 0) is 12.1 Å². The summed E-state index contributed by atoms with van der Waals surface area (Å²) in [6.45, 7) is 6.18. The molecule has 1 fully saturated rings. The minimum atomic E-state index is -1.28. The second kappa shape index (κ2) is 7.18. The van der Waals surface area contributed by atoms with E-state index in [9.17, 15) is 13.2 Å². The normalized spacial score (nSPS) is 21.4. The average Bonchev–Trinajstić information content (AvgIpc) is 3.21. The van der Waals surface area contributed by atoms with Crippen LogP contribution >= 0.6 is 11.8 Å². The van der Waals surface area contributed by atoms with Gasteiger partial charge in [-0.3, -0.25) is 0 Å². The zero-order chi connectivity index (χ0) is 20.8. The summed E-state index contributed by atoms with van der Waals surface area (Å²) in [6.07, 6.45) is 0.640. The van der Waals surface area contributed by atoms with E-state index in [-0.39, 0.29) is 16.9 Å². The third kappa shape index (κ3) is 3.79. The van der Waals surface area contributed by atoms with Gasteiger partial charge in [0, 0.05) is 15.9 Å². The van der Waals surface area contributed by atoms with Crippen LogP contribution in [-0.2, 0) is 16.9 Å². The molecule has 0 saturated carbocycles. The van der Waals surface area contributed by atoms with Gasteiger partial charge in [-0.2, -0.15) is 5.10 Å². The van der Waals surface area contributed by atoms with E-state index < -0.39 is 29.2 Å². The molecule has 1 aromatic heterocycles. The fourth-order valence-electron chi connectivity index (χ4n) is 3.36. The summed E-state index contributed by atoms with van der Waals surface area (Å²) in [4.78, 5) is 4.28. The first-order valence-electron chi connectivity index (χ1n) is 9.15. The van der Waals surface area contributed by atoms with Crippen molar-refractivity contribution < 1.29 is 17.9 Å². The molecule has 0 N–H and O–H groups in total. The lowest BCUT2D eigenvalue weighted by Gasteiger charge is -2.20. The van der Waals surface area contributed by atoms with Crippen molar-refractivity contribution in [3.63, 3.8) is 0 Å². The summed E-state index contributed by atoms with van der Waals surface area (Å²) in [5.74, 6) is -2.44. The van der Waals surface area contributed by atoms with E-state index in [0.29, 0.717) is 10.7 Å². The molecule has 8 heteroatoms. The Morgan fingerprint density at radius 2 is 1.79 bits per heavy atom. The summed E-state index contributed by atoms with van der Waals surface area (Å²) in [5, 5.41) is 4.87. The number of benzene rings is 2. The molecule has 2 heterocycles. The molecule has 29 heavy (non-hydrogen) atoms. The minimum Gasteiger partial charge on any atom is -0.354 e. The molecule has 4 nitrogen and oxygen atoms in total. The summed E-state index contributed by atoms with van der Waals surface area (Å²) in [7, 11) is 0. The number of nitrogens with zero attached hydrogens (tertiary/aromatic N) is 3. The quantitative estimate of drug-likeness (QED) is 0.418. The first-order chi connectivity index (χ1) is 13.7. The smallest absolute Gasteiger partial charge is 0.186 e. The molecule has 152 valence electrons. The molecule has 4 rings (SSSR count).